The van der Waals surface area contributed by atoms with Gasteiger partial charge in [0, 0.05) is 18.7 Å². The molecule has 15 heavy (non-hydrogen) atoms. The number of hydrogen-bond donors (Lipinski definition) is 0. The monoisotopic (exact) mass is 203 g/mol. The fourth-order valence-corrected chi connectivity index (χ4v) is 1.66. The first-order valence-corrected chi connectivity index (χ1v) is 4.85. The van der Waals surface area contributed by atoms with E-state index < -0.39 is 0 Å². The van der Waals surface area contributed by atoms with E-state index in [4.69, 9.17) is 4.74 Å². The Kier molecular flexibility index (Phi) is 2.46. The lowest BCUT2D eigenvalue weighted by molar-refractivity contribution is -0.113. The third kappa shape index (κ3) is 1.73. The minimum absolute atomic E-state index is 0.0337. The van der Waals surface area contributed by atoms with Crippen LogP contribution in [-0.4, -0.2) is 19.6 Å². The van der Waals surface area contributed by atoms with Gasteiger partial charge >= 0.3 is 0 Å². The number of benzene rings is 1. The normalized spacial score (nSPS) is 14.8. The van der Waals surface area contributed by atoms with E-state index in [0.717, 1.165) is 17.0 Å². The van der Waals surface area contributed by atoms with Crippen LogP contribution in [0.3, 0.4) is 0 Å². The summed E-state index contributed by atoms with van der Waals surface area (Å²) in [6, 6.07) is 5.74. The molecule has 0 N–H and O–H groups in total. The molecule has 0 saturated carbocycles. The van der Waals surface area contributed by atoms with Crippen LogP contribution < -0.4 is 9.64 Å². The minimum atomic E-state index is 0.0337. The van der Waals surface area contributed by atoms with Crippen LogP contribution in [-0.2, 0) is 4.79 Å². The molecule has 78 valence electrons. The highest BCUT2D eigenvalue weighted by molar-refractivity contribution is 6.04. The summed E-state index contributed by atoms with van der Waals surface area (Å²) in [6.45, 7) is 2.63. The fourth-order valence-electron chi connectivity index (χ4n) is 1.66. The highest BCUT2D eigenvalue weighted by Gasteiger charge is 2.18. The second-order valence-electron chi connectivity index (χ2n) is 3.50. The molecule has 0 atom stereocenters. The van der Waals surface area contributed by atoms with Crippen molar-refractivity contribution in [3.8, 4) is 5.75 Å². The first-order valence-electron chi connectivity index (χ1n) is 4.85. The predicted octanol–water partition coefficient (Wildman–Crippen LogP) is 1.91. The highest BCUT2D eigenvalue weighted by atomic mass is 16.5. The lowest BCUT2D eigenvalue weighted by atomic mass is 10.1. The van der Waals surface area contributed by atoms with Crippen molar-refractivity contribution in [2.75, 3.05) is 18.6 Å². The molecule has 1 aromatic rings. The maximum atomic E-state index is 11.5. The van der Waals surface area contributed by atoms with Gasteiger partial charge in [-0.1, -0.05) is 12.1 Å². The quantitative estimate of drug-likeness (QED) is 0.734. The molecule has 0 bridgehead atoms. The molecule has 0 spiro atoms. The lowest BCUT2D eigenvalue weighted by Crippen LogP contribution is -2.25. The Morgan fingerprint density at radius 3 is 2.80 bits per heavy atom. The smallest absolute Gasteiger partial charge is 0.251 e. The van der Waals surface area contributed by atoms with Crippen LogP contribution in [0, 0.1) is 6.92 Å². The summed E-state index contributed by atoms with van der Waals surface area (Å²) < 4.78 is 5.15. The van der Waals surface area contributed by atoms with E-state index >= 15 is 0 Å². The number of rotatable bonds is 2. The molecule has 2 rings (SSSR count). The Labute approximate surface area is 89.0 Å². The third-order valence-electron chi connectivity index (χ3n) is 2.52. The number of carbonyl (C=O) groups excluding carboxylic acids is 1. The van der Waals surface area contributed by atoms with E-state index in [1.807, 2.05) is 31.2 Å². The zero-order valence-electron chi connectivity index (χ0n) is 8.86. The SMILES string of the molecule is COc1ccc(C)c(N2CC=CC2=O)c1. The lowest BCUT2D eigenvalue weighted by Gasteiger charge is -2.18. The van der Waals surface area contributed by atoms with Crippen LogP contribution >= 0.6 is 0 Å². The number of aryl methyl sites for hydroxylation is 1. The molecular formula is C12H13NO2. The molecule has 3 heteroatoms. The molecule has 1 heterocycles. The fraction of sp³-hybridized carbons (Fsp3) is 0.250. The van der Waals surface area contributed by atoms with E-state index in [9.17, 15) is 4.79 Å². The number of methoxy groups -OCH3 is 1. The molecule has 1 aliphatic rings. The van der Waals surface area contributed by atoms with Gasteiger partial charge in [0.05, 0.1) is 12.8 Å². The second kappa shape index (κ2) is 3.77. The van der Waals surface area contributed by atoms with E-state index in [2.05, 4.69) is 0 Å². The molecular weight excluding hydrogens is 190 g/mol. The van der Waals surface area contributed by atoms with Gasteiger partial charge in [0.1, 0.15) is 5.75 Å². The molecule has 0 saturated heterocycles. The van der Waals surface area contributed by atoms with Gasteiger partial charge in [-0.3, -0.25) is 4.79 Å². The maximum absolute atomic E-state index is 11.5. The number of hydrogen-bond acceptors (Lipinski definition) is 2. The summed E-state index contributed by atoms with van der Waals surface area (Å²) in [5.41, 5.74) is 2.00. The number of amides is 1. The number of anilines is 1. The van der Waals surface area contributed by atoms with Gasteiger partial charge in [0.25, 0.3) is 5.91 Å². The first-order chi connectivity index (χ1) is 7.22. The summed E-state index contributed by atoms with van der Waals surface area (Å²) in [7, 11) is 1.62. The van der Waals surface area contributed by atoms with Crippen LogP contribution in [0.25, 0.3) is 0 Å². The molecule has 0 unspecified atom stereocenters. The van der Waals surface area contributed by atoms with Crippen LogP contribution in [0.2, 0.25) is 0 Å². The largest absolute Gasteiger partial charge is 0.497 e. The summed E-state index contributed by atoms with van der Waals surface area (Å²) in [5, 5.41) is 0. The van der Waals surface area contributed by atoms with Crippen molar-refractivity contribution in [2.24, 2.45) is 0 Å². The molecule has 0 fully saturated rings. The number of nitrogens with zero attached hydrogens (tertiary/aromatic N) is 1. The Balaban J connectivity index is 2.38. The van der Waals surface area contributed by atoms with Gasteiger partial charge in [-0.15, -0.1) is 0 Å². The van der Waals surface area contributed by atoms with Crippen molar-refractivity contribution in [1.29, 1.82) is 0 Å². The Bertz CT molecular complexity index is 424. The molecule has 1 aromatic carbocycles. The average molecular weight is 203 g/mol. The van der Waals surface area contributed by atoms with Gasteiger partial charge < -0.3 is 9.64 Å². The zero-order valence-corrected chi connectivity index (χ0v) is 8.86. The Morgan fingerprint density at radius 2 is 2.20 bits per heavy atom. The highest BCUT2D eigenvalue weighted by Crippen LogP contribution is 2.27. The van der Waals surface area contributed by atoms with Gasteiger partial charge in [-0.05, 0) is 18.6 Å². The van der Waals surface area contributed by atoms with Crippen molar-refractivity contribution < 1.29 is 9.53 Å². The van der Waals surface area contributed by atoms with Gasteiger partial charge in [-0.25, -0.2) is 0 Å². The van der Waals surface area contributed by atoms with Gasteiger partial charge in [0.2, 0.25) is 0 Å². The van der Waals surface area contributed by atoms with Crippen molar-refractivity contribution in [2.45, 2.75) is 6.92 Å². The summed E-state index contributed by atoms with van der Waals surface area (Å²) in [6.07, 6.45) is 3.46. The zero-order chi connectivity index (χ0) is 10.8. The van der Waals surface area contributed by atoms with Crippen molar-refractivity contribution >= 4 is 11.6 Å². The van der Waals surface area contributed by atoms with E-state index in [-0.39, 0.29) is 5.91 Å². The summed E-state index contributed by atoms with van der Waals surface area (Å²) in [5.74, 6) is 0.807. The van der Waals surface area contributed by atoms with Crippen LogP contribution in [0.4, 0.5) is 5.69 Å². The van der Waals surface area contributed by atoms with E-state index in [1.165, 1.54) is 0 Å². The van der Waals surface area contributed by atoms with Gasteiger partial charge in [-0.2, -0.15) is 0 Å². The standard InChI is InChI=1S/C12H13NO2/c1-9-5-6-10(15-2)8-11(9)13-7-3-4-12(13)14/h3-6,8H,7H2,1-2H3. The van der Waals surface area contributed by atoms with Crippen molar-refractivity contribution in [3.63, 3.8) is 0 Å². The third-order valence-corrected chi connectivity index (χ3v) is 2.52. The number of ether oxygens (including phenoxy) is 1. The average Bonchev–Trinajstić information content (AvgIpc) is 2.65. The molecule has 3 nitrogen and oxygen atoms in total. The Morgan fingerprint density at radius 1 is 1.40 bits per heavy atom. The van der Waals surface area contributed by atoms with Crippen molar-refractivity contribution in [1.82, 2.24) is 0 Å². The van der Waals surface area contributed by atoms with Crippen LogP contribution in [0.1, 0.15) is 5.56 Å². The Hall–Kier alpha value is -1.77. The second-order valence-corrected chi connectivity index (χ2v) is 3.50. The molecule has 0 aromatic heterocycles. The molecule has 1 amide bonds. The summed E-state index contributed by atoms with van der Waals surface area (Å²) >= 11 is 0. The number of carbonyl (C=O) groups is 1. The minimum Gasteiger partial charge on any atom is -0.497 e. The van der Waals surface area contributed by atoms with E-state index in [1.54, 1.807) is 18.1 Å². The predicted molar refractivity (Wildman–Crippen MR) is 59.2 cm³/mol. The van der Waals surface area contributed by atoms with E-state index in [0.29, 0.717) is 6.54 Å². The summed E-state index contributed by atoms with van der Waals surface area (Å²) in [4.78, 5) is 13.3. The van der Waals surface area contributed by atoms with Gasteiger partial charge in [0.15, 0.2) is 0 Å². The molecule has 1 aliphatic heterocycles. The van der Waals surface area contributed by atoms with Crippen LogP contribution in [0.5, 0.6) is 5.75 Å². The van der Waals surface area contributed by atoms with Crippen molar-refractivity contribution in [3.05, 3.63) is 35.9 Å². The maximum Gasteiger partial charge on any atom is 0.251 e. The van der Waals surface area contributed by atoms with Crippen LogP contribution in [0.15, 0.2) is 30.4 Å². The first kappa shape index (κ1) is 9.77. The topological polar surface area (TPSA) is 29.5 Å². The molecule has 0 aliphatic carbocycles. The molecule has 0 radical (unpaired) electrons.